The number of nitrogens with zero attached hydrogens (tertiary/aromatic N) is 4. The zero-order chi connectivity index (χ0) is 22.0. The Kier molecular flexibility index (Phi) is 6.26. The van der Waals surface area contributed by atoms with E-state index in [1.807, 2.05) is 59.6 Å². The summed E-state index contributed by atoms with van der Waals surface area (Å²) < 4.78 is 16.0. The summed E-state index contributed by atoms with van der Waals surface area (Å²) in [7, 11) is 1.94. The molecule has 2 heterocycles. The molecule has 0 saturated heterocycles. The maximum Gasteiger partial charge on any atom is 0.340 e. The monoisotopic (exact) mass is 530 g/mol. The normalized spacial score (nSPS) is 11.1. The minimum absolute atomic E-state index is 0.291. The standard InChI is InChI=1S/C23H23IN4O3/c1-4-30-23(29)21-15(2)27(3)20-11-10-17(12-18(20)21)31-14-19-22(24)28(26-25-19)13-16-8-6-5-7-9-16/h5-12H,4,13-14H2,1-3H3. The van der Waals surface area contributed by atoms with Gasteiger partial charge < -0.3 is 14.0 Å². The van der Waals surface area contributed by atoms with E-state index in [0.717, 1.165) is 31.6 Å². The fraction of sp³-hybridized carbons (Fsp3) is 0.261. The lowest BCUT2D eigenvalue weighted by molar-refractivity contribution is 0.0527. The lowest BCUT2D eigenvalue weighted by atomic mass is 10.1. The summed E-state index contributed by atoms with van der Waals surface area (Å²) >= 11 is 2.24. The van der Waals surface area contributed by atoms with Gasteiger partial charge in [-0.2, -0.15) is 0 Å². The fourth-order valence-corrected chi connectivity index (χ4v) is 4.07. The summed E-state index contributed by atoms with van der Waals surface area (Å²) in [6, 6.07) is 15.9. The van der Waals surface area contributed by atoms with Crippen molar-refractivity contribution < 1.29 is 14.3 Å². The Labute approximate surface area is 194 Å². The van der Waals surface area contributed by atoms with Gasteiger partial charge in [0.2, 0.25) is 0 Å². The molecule has 0 atom stereocenters. The quantitative estimate of drug-likeness (QED) is 0.260. The average molecular weight is 530 g/mol. The maximum absolute atomic E-state index is 12.5. The second-order valence-electron chi connectivity index (χ2n) is 7.18. The second kappa shape index (κ2) is 9.09. The minimum atomic E-state index is -0.318. The Morgan fingerprint density at radius 2 is 1.94 bits per heavy atom. The van der Waals surface area contributed by atoms with E-state index in [-0.39, 0.29) is 5.97 Å². The van der Waals surface area contributed by atoms with Crippen molar-refractivity contribution in [3.63, 3.8) is 0 Å². The van der Waals surface area contributed by atoms with E-state index in [2.05, 4.69) is 45.0 Å². The van der Waals surface area contributed by atoms with E-state index in [1.54, 1.807) is 6.92 Å². The molecule has 0 aliphatic carbocycles. The molecule has 8 heteroatoms. The predicted molar refractivity (Wildman–Crippen MR) is 126 cm³/mol. The van der Waals surface area contributed by atoms with Gasteiger partial charge in [-0.05, 0) is 60.2 Å². The lowest BCUT2D eigenvalue weighted by Gasteiger charge is -2.07. The molecule has 4 aromatic rings. The highest BCUT2D eigenvalue weighted by atomic mass is 127. The lowest BCUT2D eigenvalue weighted by Crippen LogP contribution is -2.06. The van der Waals surface area contributed by atoms with Crippen molar-refractivity contribution in [2.45, 2.75) is 27.0 Å². The number of esters is 1. The minimum Gasteiger partial charge on any atom is -0.487 e. The van der Waals surface area contributed by atoms with Crippen LogP contribution in [-0.2, 0) is 24.9 Å². The van der Waals surface area contributed by atoms with Crippen molar-refractivity contribution >= 4 is 39.5 Å². The number of aryl methyl sites for hydroxylation is 1. The average Bonchev–Trinajstić information content (AvgIpc) is 3.24. The number of fused-ring (bicyclic) bond motifs is 1. The Morgan fingerprint density at radius 3 is 2.68 bits per heavy atom. The molecule has 0 amide bonds. The number of carbonyl (C=O) groups excluding carboxylic acids is 1. The first-order valence-electron chi connectivity index (χ1n) is 10.00. The summed E-state index contributed by atoms with van der Waals surface area (Å²) in [4.78, 5) is 12.5. The van der Waals surface area contributed by atoms with Crippen LogP contribution < -0.4 is 4.74 Å². The van der Waals surface area contributed by atoms with Gasteiger partial charge in [-0.15, -0.1) is 5.10 Å². The van der Waals surface area contributed by atoms with Crippen LogP contribution in [0.4, 0.5) is 0 Å². The molecule has 0 spiro atoms. The van der Waals surface area contributed by atoms with Crippen LogP contribution in [0.2, 0.25) is 0 Å². The van der Waals surface area contributed by atoms with E-state index in [0.29, 0.717) is 31.1 Å². The molecular formula is C23H23IN4O3. The van der Waals surface area contributed by atoms with Gasteiger partial charge in [0.15, 0.2) is 0 Å². The Morgan fingerprint density at radius 1 is 1.16 bits per heavy atom. The number of benzene rings is 2. The molecule has 0 radical (unpaired) electrons. The molecule has 31 heavy (non-hydrogen) atoms. The SMILES string of the molecule is CCOC(=O)c1c(C)n(C)c2ccc(OCc3nnn(Cc4ccccc4)c3I)cc12. The molecule has 0 aliphatic rings. The number of hydrogen-bond acceptors (Lipinski definition) is 5. The third-order valence-electron chi connectivity index (χ3n) is 5.23. The molecule has 2 aromatic carbocycles. The zero-order valence-corrected chi connectivity index (χ0v) is 19.8. The number of hydrogen-bond donors (Lipinski definition) is 0. The number of ether oxygens (including phenoxy) is 2. The largest absolute Gasteiger partial charge is 0.487 e. The van der Waals surface area contributed by atoms with Gasteiger partial charge in [-0.25, -0.2) is 9.48 Å². The van der Waals surface area contributed by atoms with E-state index >= 15 is 0 Å². The van der Waals surface area contributed by atoms with Gasteiger partial charge in [0.25, 0.3) is 0 Å². The molecule has 0 aliphatic heterocycles. The summed E-state index contributed by atoms with van der Waals surface area (Å²) in [5.74, 6) is 0.346. The molecule has 0 fully saturated rings. The van der Waals surface area contributed by atoms with Crippen molar-refractivity contribution in [1.82, 2.24) is 19.6 Å². The van der Waals surface area contributed by atoms with Crippen LogP contribution in [0.15, 0.2) is 48.5 Å². The van der Waals surface area contributed by atoms with Crippen LogP contribution in [0.25, 0.3) is 10.9 Å². The Hall–Kier alpha value is -2.88. The molecular weight excluding hydrogens is 507 g/mol. The van der Waals surface area contributed by atoms with E-state index < -0.39 is 0 Å². The third kappa shape index (κ3) is 4.30. The highest BCUT2D eigenvalue weighted by Gasteiger charge is 2.20. The van der Waals surface area contributed by atoms with Crippen LogP contribution in [0.5, 0.6) is 5.75 Å². The smallest absolute Gasteiger partial charge is 0.340 e. The fourth-order valence-electron chi connectivity index (χ4n) is 3.54. The van der Waals surface area contributed by atoms with E-state index in [1.165, 1.54) is 0 Å². The second-order valence-corrected chi connectivity index (χ2v) is 8.20. The van der Waals surface area contributed by atoms with Crippen molar-refractivity contribution in [3.8, 4) is 5.75 Å². The van der Waals surface area contributed by atoms with Crippen molar-refractivity contribution in [2.75, 3.05) is 6.61 Å². The topological polar surface area (TPSA) is 71.2 Å². The maximum atomic E-state index is 12.5. The van der Waals surface area contributed by atoms with Gasteiger partial charge >= 0.3 is 5.97 Å². The Balaban J connectivity index is 1.54. The highest BCUT2D eigenvalue weighted by Crippen LogP contribution is 2.29. The molecule has 0 bridgehead atoms. The number of aromatic nitrogens is 4. The van der Waals surface area contributed by atoms with Crippen LogP contribution >= 0.6 is 22.6 Å². The van der Waals surface area contributed by atoms with Crippen LogP contribution in [0, 0.1) is 10.6 Å². The van der Waals surface area contributed by atoms with Crippen LogP contribution in [-0.4, -0.2) is 32.1 Å². The van der Waals surface area contributed by atoms with Gasteiger partial charge in [0.05, 0.1) is 18.7 Å². The number of carbonyl (C=O) groups is 1. The van der Waals surface area contributed by atoms with Gasteiger partial charge in [0, 0.05) is 23.6 Å². The van der Waals surface area contributed by atoms with Crippen molar-refractivity contribution in [3.05, 3.63) is 74.7 Å². The Bertz CT molecular complexity index is 1230. The van der Waals surface area contributed by atoms with Crippen molar-refractivity contribution in [1.29, 1.82) is 0 Å². The molecule has 160 valence electrons. The summed E-state index contributed by atoms with van der Waals surface area (Å²) in [6.07, 6.45) is 0. The third-order valence-corrected chi connectivity index (χ3v) is 6.41. The molecule has 4 rings (SSSR count). The number of halogens is 1. The van der Waals surface area contributed by atoms with Gasteiger partial charge in [-0.3, -0.25) is 0 Å². The summed E-state index contributed by atoms with van der Waals surface area (Å²) in [6.45, 7) is 5.00. The van der Waals surface area contributed by atoms with E-state index in [4.69, 9.17) is 9.47 Å². The molecule has 0 unspecified atom stereocenters. The van der Waals surface area contributed by atoms with E-state index in [9.17, 15) is 4.79 Å². The summed E-state index contributed by atoms with van der Waals surface area (Å²) in [5, 5.41) is 9.36. The predicted octanol–water partition coefficient (Wildman–Crippen LogP) is 4.49. The molecule has 0 saturated carbocycles. The van der Waals surface area contributed by atoms with Gasteiger partial charge in [-0.1, -0.05) is 35.5 Å². The zero-order valence-electron chi connectivity index (χ0n) is 17.6. The first-order chi connectivity index (χ1) is 15.0. The highest BCUT2D eigenvalue weighted by molar-refractivity contribution is 14.1. The van der Waals surface area contributed by atoms with Gasteiger partial charge in [0.1, 0.15) is 21.8 Å². The first-order valence-corrected chi connectivity index (χ1v) is 11.1. The van der Waals surface area contributed by atoms with Crippen LogP contribution in [0.1, 0.15) is 34.2 Å². The summed E-state index contributed by atoms with van der Waals surface area (Å²) in [5.41, 5.74) is 4.33. The molecule has 7 nitrogen and oxygen atoms in total. The first kappa shape index (κ1) is 21.4. The molecule has 0 N–H and O–H groups in total. The van der Waals surface area contributed by atoms with Crippen LogP contribution in [0.3, 0.4) is 0 Å². The van der Waals surface area contributed by atoms with Crippen molar-refractivity contribution in [2.24, 2.45) is 7.05 Å². The number of rotatable bonds is 7. The molecule has 2 aromatic heterocycles.